The quantitative estimate of drug-likeness (QED) is 0.750. The summed E-state index contributed by atoms with van der Waals surface area (Å²) in [6.45, 7) is 4.17. The van der Waals surface area contributed by atoms with Gasteiger partial charge in [0.05, 0.1) is 5.54 Å². The predicted octanol–water partition coefficient (Wildman–Crippen LogP) is 4.08. The van der Waals surface area contributed by atoms with Crippen molar-refractivity contribution in [3.63, 3.8) is 0 Å². The number of nitrogens with two attached hydrogens (primary N) is 1. The van der Waals surface area contributed by atoms with Crippen LogP contribution >= 0.6 is 0 Å². The second kappa shape index (κ2) is 8.38. The van der Waals surface area contributed by atoms with Gasteiger partial charge in [-0.2, -0.15) is 0 Å². The van der Waals surface area contributed by atoms with E-state index in [1.54, 1.807) is 12.3 Å². The molecule has 3 unspecified atom stereocenters. The van der Waals surface area contributed by atoms with Gasteiger partial charge in [0.1, 0.15) is 18.2 Å². The Hall–Kier alpha value is -2.95. The van der Waals surface area contributed by atoms with E-state index >= 15 is 0 Å². The number of rotatable bonds is 8. The summed E-state index contributed by atoms with van der Waals surface area (Å²) in [5.41, 5.74) is 6.91. The second-order valence-electron chi connectivity index (χ2n) is 7.35. The SMILES string of the molecule is CC(C(N)=O)C(C)C1(Cc2ccc(OCc3cccc(F)c3)cc2)C=CC=N1. The third-order valence-electron chi connectivity index (χ3n) is 5.48. The summed E-state index contributed by atoms with van der Waals surface area (Å²) in [7, 11) is 0. The topological polar surface area (TPSA) is 64.7 Å². The van der Waals surface area contributed by atoms with E-state index in [0.717, 1.165) is 11.1 Å². The number of allylic oxidation sites excluding steroid dienone is 1. The van der Waals surface area contributed by atoms with Gasteiger partial charge in [-0.15, -0.1) is 0 Å². The molecule has 2 aromatic carbocycles. The zero-order valence-corrected chi connectivity index (χ0v) is 16.1. The Labute approximate surface area is 164 Å². The largest absolute Gasteiger partial charge is 0.489 e. The molecule has 146 valence electrons. The van der Waals surface area contributed by atoms with Gasteiger partial charge in [0.2, 0.25) is 5.91 Å². The highest BCUT2D eigenvalue weighted by Crippen LogP contribution is 2.35. The van der Waals surface area contributed by atoms with Gasteiger partial charge in [0.25, 0.3) is 0 Å². The first-order valence-electron chi connectivity index (χ1n) is 9.38. The van der Waals surface area contributed by atoms with Crippen LogP contribution < -0.4 is 10.5 Å². The van der Waals surface area contributed by atoms with Crippen LogP contribution in [0.15, 0.2) is 65.7 Å². The average Bonchev–Trinajstić information content (AvgIpc) is 3.16. The van der Waals surface area contributed by atoms with E-state index in [0.29, 0.717) is 18.8 Å². The molecule has 0 bridgehead atoms. The smallest absolute Gasteiger partial charge is 0.220 e. The fourth-order valence-corrected chi connectivity index (χ4v) is 3.47. The molecule has 4 nitrogen and oxygen atoms in total. The molecular formula is C23H25FN2O2. The Kier molecular flexibility index (Phi) is 5.93. The van der Waals surface area contributed by atoms with Crippen molar-refractivity contribution in [2.75, 3.05) is 0 Å². The highest BCUT2D eigenvalue weighted by Gasteiger charge is 2.39. The molecule has 5 heteroatoms. The number of primary amides is 1. The van der Waals surface area contributed by atoms with Crippen molar-refractivity contribution in [1.82, 2.24) is 0 Å². The molecule has 0 aromatic heterocycles. The van der Waals surface area contributed by atoms with Crippen LogP contribution in [0, 0.1) is 17.7 Å². The van der Waals surface area contributed by atoms with Crippen LogP contribution in [-0.2, 0) is 17.8 Å². The molecule has 0 spiro atoms. The number of nitrogens with zero attached hydrogens (tertiary/aromatic N) is 1. The first kappa shape index (κ1) is 19.8. The van der Waals surface area contributed by atoms with Crippen molar-refractivity contribution in [2.24, 2.45) is 22.6 Å². The monoisotopic (exact) mass is 380 g/mol. The van der Waals surface area contributed by atoms with Crippen LogP contribution in [-0.4, -0.2) is 17.7 Å². The lowest BCUT2D eigenvalue weighted by molar-refractivity contribution is -0.123. The number of hydrogen-bond donors (Lipinski definition) is 1. The summed E-state index contributed by atoms with van der Waals surface area (Å²) in [6, 6.07) is 14.1. The van der Waals surface area contributed by atoms with Gasteiger partial charge in [-0.05, 0) is 47.4 Å². The molecule has 0 saturated heterocycles. The third-order valence-corrected chi connectivity index (χ3v) is 5.48. The van der Waals surface area contributed by atoms with E-state index in [2.05, 4.69) is 4.99 Å². The van der Waals surface area contributed by atoms with Crippen LogP contribution in [0.1, 0.15) is 25.0 Å². The van der Waals surface area contributed by atoms with Gasteiger partial charge < -0.3 is 10.5 Å². The molecule has 1 amide bonds. The van der Waals surface area contributed by atoms with Gasteiger partial charge >= 0.3 is 0 Å². The van der Waals surface area contributed by atoms with Crippen molar-refractivity contribution in [1.29, 1.82) is 0 Å². The summed E-state index contributed by atoms with van der Waals surface area (Å²) < 4.78 is 19.0. The van der Waals surface area contributed by atoms with E-state index in [9.17, 15) is 9.18 Å². The van der Waals surface area contributed by atoms with E-state index in [1.165, 1.54) is 12.1 Å². The van der Waals surface area contributed by atoms with E-state index < -0.39 is 5.54 Å². The number of hydrogen-bond acceptors (Lipinski definition) is 3. The minimum atomic E-state index is -0.474. The molecule has 28 heavy (non-hydrogen) atoms. The molecule has 1 heterocycles. The maximum absolute atomic E-state index is 13.2. The maximum atomic E-state index is 13.2. The number of amides is 1. The van der Waals surface area contributed by atoms with Gasteiger partial charge in [0, 0.05) is 18.6 Å². The highest BCUT2D eigenvalue weighted by molar-refractivity contribution is 5.78. The van der Waals surface area contributed by atoms with Crippen LogP contribution in [0.25, 0.3) is 0 Å². The minimum absolute atomic E-state index is 0.0242. The maximum Gasteiger partial charge on any atom is 0.220 e. The number of benzene rings is 2. The highest BCUT2D eigenvalue weighted by atomic mass is 19.1. The fraction of sp³-hybridized carbons (Fsp3) is 0.304. The Morgan fingerprint density at radius 1 is 1.18 bits per heavy atom. The summed E-state index contributed by atoms with van der Waals surface area (Å²) in [5.74, 6) is -0.182. The molecule has 2 N–H and O–H groups in total. The van der Waals surface area contributed by atoms with E-state index in [1.807, 2.05) is 56.3 Å². The van der Waals surface area contributed by atoms with Gasteiger partial charge in [0.15, 0.2) is 0 Å². The number of aliphatic imine (C=N–C) groups is 1. The van der Waals surface area contributed by atoms with Crippen LogP contribution in [0.3, 0.4) is 0 Å². The second-order valence-corrected chi connectivity index (χ2v) is 7.35. The summed E-state index contributed by atoms with van der Waals surface area (Å²) in [6.07, 6.45) is 6.41. The summed E-state index contributed by atoms with van der Waals surface area (Å²) >= 11 is 0. The van der Waals surface area contributed by atoms with Gasteiger partial charge in [-0.25, -0.2) is 4.39 Å². The number of carbonyl (C=O) groups is 1. The fourth-order valence-electron chi connectivity index (χ4n) is 3.47. The Morgan fingerprint density at radius 3 is 2.54 bits per heavy atom. The summed E-state index contributed by atoms with van der Waals surface area (Å²) in [5, 5.41) is 0. The standard InChI is InChI=1S/C23H25FN2O2/c1-16(22(25)27)17(2)23(11-4-12-26-23)14-18-7-9-21(10-8-18)28-15-19-5-3-6-20(24)13-19/h3-13,16-17H,14-15H2,1-2H3,(H2,25,27). The Bertz CT molecular complexity index is 878. The minimum Gasteiger partial charge on any atom is -0.489 e. The average molecular weight is 380 g/mol. The molecular weight excluding hydrogens is 355 g/mol. The van der Waals surface area contributed by atoms with Crippen molar-refractivity contribution >= 4 is 12.1 Å². The third kappa shape index (κ3) is 4.47. The van der Waals surface area contributed by atoms with Gasteiger partial charge in [-0.3, -0.25) is 9.79 Å². The van der Waals surface area contributed by atoms with Crippen molar-refractivity contribution in [3.8, 4) is 5.75 Å². The molecule has 2 aromatic rings. The zero-order chi connectivity index (χ0) is 20.1. The number of carbonyl (C=O) groups excluding carboxylic acids is 1. The zero-order valence-electron chi connectivity index (χ0n) is 16.1. The van der Waals surface area contributed by atoms with Crippen LogP contribution in [0.5, 0.6) is 5.75 Å². The van der Waals surface area contributed by atoms with Gasteiger partial charge in [-0.1, -0.05) is 44.2 Å². The van der Waals surface area contributed by atoms with E-state index in [4.69, 9.17) is 10.5 Å². The lowest BCUT2D eigenvalue weighted by atomic mass is 9.74. The normalized spacial score (nSPS) is 20.1. The number of halogens is 1. The number of ether oxygens (including phenoxy) is 1. The lowest BCUT2D eigenvalue weighted by Gasteiger charge is -2.34. The predicted molar refractivity (Wildman–Crippen MR) is 109 cm³/mol. The molecule has 0 aliphatic carbocycles. The molecule has 1 aliphatic heterocycles. The molecule has 0 fully saturated rings. The van der Waals surface area contributed by atoms with Crippen molar-refractivity contribution in [3.05, 3.63) is 77.6 Å². The molecule has 3 atom stereocenters. The van der Waals surface area contributed by atoms with Crippen molar-refractivity contribution in [2.45, 2.75) is 32.4 Å². The molecule has 1 aliphatic rings. The van der Waals surface area contributed by atoms with Crippen LogP contribution in [0.2, 0.25) is 0 Å². The molecule has 3 rings (SSSR count). The molecule has 0 saturated carbocycles. The van der Waals surface area contributed by atoms with E-state index in [-0.39, 0.29) is 23.6 Å². The summed E-state index contributed by atoms with van der Waals surface area (Å²) in [4.78, 5) is 16.3. The van der Waals surface area contributed by atoms with Crippen LogP contribution in [0.4, 0.5) is 4.39 Å². The molecule has 0 radical (unpaired) electrons. The van der Waals surface area contributed by atoms with Crippen molar-refractivity contribution < 1.29 is 13.9 Å². The first-order valence-corrected chi connectivity index (χ1v) is 9.38. The lowest BCUT2D eigenvalue weighted by Crippen LogP contribution is -2.41. The Balaban J connectivity index is 1.68. The Morgan fingerprint density at radius 2 is 1.93 bits per heavy atom. The first-order chi connectivity index (χ1) is 13.4.